The molecule has 1 aliphatic heterocycles. The zero-order valence-electron chi connectivity index (χ0n) is 11.5. The summed E-state index contributed by atoms with van der Waals surface area (Å²) in [5.74, 6) is -4.42. The number of carboxylic acid groups (broad SMARTS) is 1. The molecule has 1 aliphatic rings. The summed E-state index contributed by atoms with van der Waals surface area (Å²) in [6, 6.07) is 0. The van der Waals surface area contributed by atoms with Crippen LogP contribution in [0.3, 0.4) is 0 Å². The van der Waals surface area contributed by atoms with Gasteiger partial charge in [0.25, 0.3) is 0 Å². The summed E-state index contributed by atoms with van der Waals surface area (Å²) >= 11 is 0. The molecule has 0 aromatic carbocycles. The van der Waals surface area contributed by atoms with E-state index in [0.717, 1.165) is 4.90 Å². The van der Waals surface area contributed by atoms with Crippen LogP contribution in [0.1, 0.15) is 27.2 Å². The molecule has 0 unspecified atom stereocenters. The zero-order chi connectivity index (χ0) is 15.7. The number of ether oxygens (including phenoxy) is 1. The highest BCUT2D eigenvalue weighted by atomic mass is 19.4. The van der Waals surface area contributed by atoms with Crippen molar-refractivity contribution in [2.45, 2.75) is 39.0 Å². The quantitative estimate of drug-likeness (QED) is 0.807. The summed E-state index contributed by atoms with van der Waals surface area (Å²) in [6.45, 7) is 3.93. The van der Waals surface area contributed by atoms with Crippen LogP contribution >= 0.6 is 0 Å². The molecule has 0 saturated carbocycles. The van der Waals surface area contributed by atoms with Gasteiger partial charge in [0, 0.05) is 13.1 Å². The van der Waals surface area contributed by atoms with Gasteiger partial charge in [0.1, 0.15) is 5.60 Å². The standard InChI is InChI=1S/C12H18F3NO4/c1-11(2,3)20-10(19)16-5-7(9(17)18)4-8(6-16)12(13,14)15/h7-8H,4-6H2,1-3H3,(H,17,18)/t7-,8-/m1/s1. The summed E-state index contributed by atoms with van der Waals surface area (Å²) in [5.41, 5.74) is -0.846. The van der Waals surface area contributed by atoms with Gasteiger partial charge < -0.3 is 14.7 Å². The van der Waals surface area contributed by atoms with Crippen LogP contribution in [-0.4, -0.2) is 46.9 Å². The summed E-state index contributed by atoms with van der Waals surface area (Å²) in [4.78, 5) is 23.6. The number of nitrogens with zero attached hydrogens (tertiary/aromatic N) is 1. The second-order valence-electron chi connectivity index (χ2n) is 5.89. The van der Waals surface area contributed by atoms with E-state index in [0.29, 0.717) is 0 Å². The highest BCUT2D eigenvalue weighted by Gasteiger charge is 2.47. The van der Waals surface area contributed by atoms with E-state index in [4.69, 9.17) is 9.84 Å². The normalized spacial score (nSPS) is 24.4. The fraction of sp³-hybridized carbons (Fsp3) is 0.833. The first kappa shape index (κ1) is 16.6. The minimum atomic E-state index is -4.53. The van der Waals surface area contributed by atoms with Crippen LogP contribution in [0.2, 0.25) is 0 Å². The van der Waals surface area contributed by atoms with Crippen LogP contribution in [0.4, 0.5) is 18.0 Å². The first-order chi connectivity index (χ1) is 8.90. The van der Waals surface area contributed by atoms with Gasteiger partial charge in [0.2, 0.25) is 0 Å². The number of rotatable bonds is 1. The third-order valence-corrected chi connectivity index (χ3v) is 2.91. The summed E-state index contributed by atoms with van der Waals surface area (Å²) in [6.07, 6.45) is -5.97. The molecule has 1 heterocycles. The maximum atomic E-state index is 12.8. The van der Waals surface area contributed by atoms with Crippen molar-refractivity contribution in [2.75, 3.05) is 13.1 Å². The number of carbonyl (C=O) groups is 2. The molecule has 0 spiro atoms. The molecule has 0 aliphatic carbocycles. The predicted molar refractivity (Wildman–Crippen MR) is 63.1 cm³/mol. The Balaban J connectivity index is 2.85. The van der Waals surface area contributed by atoms with Crippen molar-refractivity contribution in [1.29, 1.82) is 0 Å². The number of aliphatic carboxylic acids is 1. The van der Waals surface area contributed by atoms with Crippen LogP contribution in [0.5, 0.6) is 0 Å². The minimum absolute atomic E-state index is 0.267. The number of hydrogen-bond donors (Lipinski definition) is 1. The SMILES string of the molecule is CC(C)(C)OC(=O)N1C[C@H](C(=O)O)C[C@@H](C(F)(F)F)C1. The van der Waals surface area contributed by atoms with E-state index in [-0.39, 0.29) is 6.54 Å². The minimum Gasteiger partial charge on any atom is -0.481 e. The molecule has 0 aromatic heterocycles. The van der Waals surface area contributed by atoms with Gasteiger partial charge >= 0.3 is 18.2 Å². The molecule has 1 rings (SSSR count). The molecular formula is C12H18F3NO4. The van der Waals surface area contributed by atoms with Crippen LogP contribution in [-0.2, 0) is 9.53 Å². The lowest BCUT2D eigenvalue weighted by molar-refractivity contribution is -0.192. The number of alkyl halides is 3. The van der Waals surface area contributed by atoms with Crippen LogP contribution in [0, 0.1) is 11.8 Å². The third-order valence-electron chi connectivity index (χ3n) is 2.91. The molecule has 20 heavy (non-hydrogen) atoms. The van der Waals surface area contributed by atoms with Gasteiger partial charge in [0.05, 0.1) is 11.8 Å². The van der Waals surface area contributed by atoms with Crippen molar-refractivity contribution < 1.29 is 32.6 Å². The van der Waals surface area contributed by atoms with Crippen LogP contribution in [0.15, 0.2) is 0 Å². The summed E-state index contributed by atoms with van der Waals surface area (Å²) < 4.78 is 43.3. The summed E-state index contributed by atoms with van der Waals surface area (Å²) in [5, 5.41) is 8.91. The maximum Gasteiger partial charge on any atom is 0.410 e. The molecule has 5 nitrogen and oxygen atoms in total. The number of amides is 1. The number of likely N-dealkylation sites (tertiary alicyclic amines) is 1. The van der Waals surface area contributed by atoms with E-state index in [1.165, 1.54) is 0 Å². The Labute approximate surface area is 114 Å². The Bertz CT molecular complexity index is 389. The average molecular weight is 297 g/mol. The second kappa shape index (κ2) is 5.49. The van der Waals surface area contributed by atoms with E-state index >= 15 is 0 Å². The van der Waals surface area contributed by atoms with Crippen molar-refractivity contribution in [1.82, 2.24) is 4.90 Å². The second-order valence-corrected chi connectivity index (χ2v) is 5.89. The molecule has 1 N–H and O–H groups in total. The molecule has 8 heteroatoms. The van der Waals surface area contributed by atoms with Crippen LogP contribution in [0.25, 0.3) is 0 Å². The molecule has 116 valence electrons. The Kier molecular flexibility index (Phi) is 4.55. The lowest BCUT2D eigenvalue weighted by Gasteiger charge is -2.37. The number of carbonyl (C=O) groups excluding carboxylic acids is 1. The van der Waals surface area contributed by atoms with E-state index in [1.807, 2.05) is 0 Å². The highest BCUT2D eigenvalue weighted by molar-refractivity contribution is 5.73. The van der Waals surface area contributed by atoms with Crippen molar-refractivity contribution in [3.05, 3.63) is 0 Å². The average Bonchev–Trinajstić information content (AvgIpc) is 2.24. The predicted octanol–water partition coefficient (Wildman–Crippen LogP) is 2.51. The molecular weight excluding hydrogens is 279 g/mol. The molecule has 1 fully saturated rings. The van der Waals surface area contributed by atoms with Crippen LogP contribution < -0.4 is 0 Å². The first-order valence-corrected chi connectivity index (χ1v) is 6.17. The van der Waals surface area contributed by atoms with E-state index < -0.39 is 48.6 Å². The molecule has 0 bridgehead atoms. The molecule has 0 aromatic rings. The van der Waals surface area contributed by atoms with E-state index in [2.05, 4.69) is 0 Å². The van der Waals surface area contributed by atoms with Gasteiger partial charge in [-0.05, 0) is 27.2 Å². The molecule has 2 atom stereocenters. The molecule has 1 saturated heterocycles. The van der Waals surface area contributed by atoms with Gasteiger partial charge in [-0.3, -0.25) is 4.79 Å². The third kappa shape index (κ3) is 4.57. The number of hydrogen-bond acceptors (Lipinski definition) is 3. The van der Waals surface area contributed by atoms with Crippen molar-refractivity contribution >= 4 is 12.1 Å². The lowest BCUT2D eigenvalue weighted by atomic mass is 9.89. The topological polar surface area (TPSA) is 66.8 Å². The van der Waals surface area contributed by atoms with E-state index in [9.17, 15) is 22.8 Å². The number of halogens is 3. The van der Waals surface area contributed by atoms with E-state index in [1.54, 1.807) is 20.8 Å². The molecule has 0 radical (unpaired) electrons. The van der Waals surface area contributed by atoms with Crippen molar-refractivity contribution in [2.24, 2.45) is 11.8 Å². The Hall–Kier alpha value is -1.47. The fourth-order valence-electron chi connectivity index (χ4n) is 1.99. The monoisotopic (exact) mass is 297 g/mol. The Morgan fingerprint density at radius 2 is 1.75 bits per heavy atom. The smallest absolute Gasteiger partial charge is 0.410 e. The Morgan fingerprint density at radius 3 is 2.15 bits per heavy atom. The van der Waals surface area contributed by atoms with Gasteiger partial charge in [-0.25, -0.2) is 4.79 Å². The van der Waals surface area contributed by atoms with Crippen molar-refractivity contribution in [3.63, 3.8) is 0 Å². The van der Waals surface area contributed by atoms with Gasteiger partial charge in [-0.1, -0.05) is 0 Å². The fourth-order valence-corrected chi connectivity index (χ4v) is 1.99. The van der Waals surface area contributed by atoms with Gasteiger partial charge in [-0.15, -0.1) is 0 Å². The zero-order valence-corrected chi connectivity index (χ0v) is 11.5. The largest absolute Gasteiger partial charge is 0.481 e. The number of piperidine rings is 1. The first-order valence-electron chi connectivity index (χ1n) is 6.17. The highest BCUT2D eigenvalue weighted by Crippen LogP contribution is 2.35. The van der Waals surface area contributed by atoms with Gasteiger partial charge in [-0.2, -0.15) is 13.2 Å². The Morgan fingerprint density at radius 1 is 1.20 bits per heavy atom. The lowest BCUT2D eigenvalue weighted by Crippen LogP contribution is -2.51. The molecule has 1 amide bonds. The maximum absolute atomic E-state index is 12.8. The number of carboxylic acids is 1. The van der Waals surface area contributed by atoms with Crippen molar-refractivity contribution in [3.8, 4) is 0 Å². The van der Waals surface area contributed by atoms with Gasteiger partial charge in [0.15, 0.2) is 0 Å². The summed E-state index contributed by atoms with van der Waals surface area (Å²) in [7, 11) is 0.